The van der Waals surface area contributed by atoms with Gasteiger partial charge in [-0.2, -0.15) is 0 Å². The highest BCUT2D eigenvalue weighted by molar-refractivity contribution is 8.00. The van der Waals surface area contributed by atoms with E-state index in [-0.39, 0.29) is 17.5 Å². The molecule has 0 saturated heterocycles. The Kier molecular flexibility index (Phi) is 3.60. The first kappa shape index (κ1) is 12.3. The summed E-state index contributed by atoms with van der Waals surface area (Å²) in [7, 11) is 0. The number of rotatable bonds is 4. The van der Waals surface area contributed by atoms with Crippen LogP contribution in [0.2, 0.25) is 0 Å². The Morgan fingerprint density at radius 2 is 2.41 bits per heavy atom. The molecular weight excluding hydrogens is 260 g/mol. The van der Waals surface area contributed by atoms with Gasteiger partial charge in [-0.15, -0.1) is 23.1 Å². The van der Waals surface area contributed by atoms with Crippen molar-refractivity contribution >= 4 is 39.0 Å². The lowest BCUT2D eigenvalue weighted by Gasteiger charge is -2.07. The van der Waals surface area contributed by atoms with E-state index in [1.165, 1.54) is 23.1 Å². The zero-order chi connectivity index (χ0) is 12.4. The van der Waals surface area contributed by atoms with Crippen molar-refractivity contribution in [3.8, 4) is 0 Å². The Bertz CT molecular complexity index is 555. The molecule has 5 nitrogen and oxygen atoms in total. The van der Waals surface area contributed by atoms with Gasteiger partial charge in [-0.3, -0.25) is 10.1 Å². The van der Waals surface area contributed by atoms with Crippen LogP contribution in [0.5, 0.6) is 0 Å². The van der Waals surface area contributed by atoms with Crippen molar-refractivity contribution in [1.82, 2.24) is 4.98 Å². The molecule has 0 aliphatic rings. The van der Waals surface area contributed by atoms with Gasteiger partial charge in [-0.1, -0.05) is 6.92 Å². The third-order valence-corrected chi connectivity index (χ3v) is 4.14. The number of nitro groups is 1. The second-order valence-electron chi connectivity index (χ2n) is 3.48. The number of benzene rings is 1. The van der Waals surface area contributed by atoms with E-state index in [1.807, 2.05) is 13.0 Å². The fourth-order valence-corrected chi connectivity index (χ4v) is 3.04. The van der Waals surface area contributed by atoms with E-state index in [9.17, 15) is 10.1 Å². The molecule has 0 aliphatic heterocycles. The van der Waals surface area contributed by atoms with Crippen molar-refractivity contribution in [2.24, 2.45) is 0 Å². The van der Waals surface area contributed by atoms with Gasteiger partial charge in [-0.05, 0) is 12.1 Å². The molecule has 1 atom stereocenters. The largest absolute Gasteiger partial charge is 0.395 e. The Hall–Kier alpha value is -1.18. The van der Waals surface area contributed by atoms with Crippen molar-refractivity contribution in [2.45, 2.75) is 17.1 Å². The van der Waals surface area contributed by atoms with Gasteiger partial charge in [0.1, 0.15) is 0 Å². The summed E-state index contributed by atoms with van der Waals surface area (Å²) in [6.07, 6.45) is 0. The fraction of sp³-hybridized carbons (Fsp3) is 0.300. The average Bonchev–Trinajstić information content (AvgIpc) is 2.75. The maximum atomic E-state index is 11.1. The lowest BCUT2D eigenvalue weighted by Crippen LogP contribution is -2.03. The van der Waals surface area contributed by atoms with Crippen LogP contribution in [0.3, 0.4) is 0 Å². The Morgan fingerprint density at radius 3 is 3.06 bits per heavy atom. The molecule has 0 spiro atoms. The lowest BCUT2D eigenvalue weighted by molar-refractivity contribution is -0.386. The van der Waals surface area contributed by atoms with Crippen molar-refractivity contribution in [3.05, 3.63) is 27.8 Å². The number of nitrogens with zero attached hydrogens (tertiary/aromatic N) is 2. The molecule has 0 amide bonds. The highest BCUT2D eigenvalue weighted by Crippen LogP contribution is 2.38. The van der Waals surface area contributed by atoms with E-state index in [2.05, 4.69) is 4.98 Å². The van der Waals surface area contributed by atoms with Gasteiger partial charge in [0, 0.05) is 5.25 Å². The van der Waals surface area contributed by atoms with E-state index in [4.69, 9.17) is 5.11 Å². The summed E-state index contributed by atoms with van der Waals surface area (Å²) in [5.41, 5.74) is 2.06. The van der Waals surface area contributed by atoms with Gasteiger partial charge in [0.15, 0.2) is 5.52 Å². The SMILES string of the molecule is CC(CO)Sc1ccc2scnc2c1[N+](=O)[O-]. The maximum Gasteiger partial charge on any atom is 0.309 e. The maximum absolute atomic E-state index is 11.1. The molecule has 0 saturated carbocycles. The summed E-state index contributed by atoms with van der Waals surface area (Å²) in [6.45, 7) is 1.80. The van der Waals surface area contributed by atoms with E-state index in [0.29, 0.717) is 10.4 Å². The number of aromatic nitrogens is 1. The zero-order valence-corrected chi connectivity index (χ0v) is 10.6. The molecule has 1 unspecified atom stereocenters. The average molecular weight is 270 g/mol. The molecule has 0 fully saturated rings. The number of hydrogen-bond donors (Lipinski definition) is 1. The number of hydrogen-bond acceptors (Lipinski definition) is 6. The Morgan fingerprint density at radius 1 is 1.65 bits per heavy atom. The topological polar surface area (TPSA) is 76.3 Å². The monoisotopic (exact) mass is 270 g/mol. The number of aliphatic hydroxyl groups excluding tert-OH is 1. The molecule has 0 radical (unpaired) electrons. The standard InChI is InChI=1S/C10H10N2O3S2/c1-6(4-13)17-8-3-2-7-9(11-5-16-7)10(8)12(14)15/h2-3,5-6,13H,4H2,1H3. The summed E-state index contributed by atoms with van der Waals surface area (Å²) in [5, 5.41) is 20.0. The number of nitro benzene ring substituents is 1. The number of fused-ring (bicyclic) bond motifs is 1. The summed E-state index contributed by atoms with van der Waals surface area (Å²) in [5.74, 6) is 0. The first-order valence-electron chi connectivity index (χ1n) is 4.91. The first-order valence-corrected chi connectivity index (χ1v) is 6.67. The second-order valence-corrected chi connectivity index (χ2v) is 5.85. The number of thioether (sulfide) groups is 1. The second kappa shape index (κ2) is 4.99. The van der Waals surface area contributed by atoms with Crippen molar-refractivity contribution < 1.29 is 10.0 Å². The van der Waals surface area contributed by atoms with Gasteiger partial charge in [0.05, 0.1) is 26.6 Å². The van der Waals surface area contributed by atoms with Crippen molar-refractivity contribution in [3.63, 3.8) is 0 Å². The van der Waals surface area contributed by atoms with Gasteiger partial charge in [0.2, 0.25) is 0 Å². The van der Waals surface area contributed by atoms with E-state index < -0.39 is 4.92 Å². The van der Waals surface area contributed by atoms with Crippen LogP contribution in [0.15, 0.2) is 22.5 Å². The highest BCUT2D eigenvalue weighted by atomic mass is 32.2. The minimum atomic E-state index is -0.408. The van der Waals surface area contributed by atoms with Crippen LogP contribution in [-0.4, -0.2) is 26.9 Å². The van der Waals surface area contributed by atoms with Crippen LogP contribution in [0.25, 0.3) is 10.2 Å². The van der Waals surface area contributed by atoms with E-state index in [0.717, 1.165) is 4.70 Å². The quantitative estimate of drug-likeness (QED) is 0.525. The van der Waals surface area contributed by atoms with Crippen LogP contribution in [0, 0.1) is 10.1 Å². The number of aliphatic hydroxyl groups is 1. The minimum absolute atomic E-state index is 0.0169. The van der Waals surface area contributed by atoms with Gasteiger partial charge in [-0.25, -0.2) is 4.98 Å². The third kappa shape index (κ3) is 2.41. The van der Waals surface area contributed by atoms with Gasteiger partial charge >= 0.3 is 5.69 Å². The van der Waals surface area contributed by atoms with E-state index >= 15 is 0 Å². The normalized spacial score (nSPS) is 12.8. The number of thiazole rings is 1. The molecule has 0 aliphatic carbocycles. The molecule has 7 heteroatoms. The van der Waals surface area contributed by atoms with Gasteiger partial charge in [0.25, 0.3) is 0 Å². The van der Waals surface area contributed by atoms with Crippen molar-refractivity contribution in [2.75, 3.05) is 6.61 Å². The Balaban J connectivity index is 2.54. The smallest absolute Gasteiger partial charge is 0.309 e. The molecular formula is C10H10N2O3S2. The lowest BCUT2D eigenvalue weighted by atomic mass is 10.3. The summed E-state index contributed by atoms with van der Waals surface area (Å²) < 4.78 is 0.803. The first-order chi connectivity index (χ1) is 8.13. The van der Waals surface area contributed by atoms with Crippen LogP contribution in [0.1, 0.15) is 6.92 Å². The highest BCUT2D eigenvalue weighted by Gasteiger charge is 2.22. The molecule has 2 rings (SSSR count). The fourth-order valence-electron chi connectivity index (χ4n) is 1.42. The molecule has 90 valence electrons. The predicted molar refractivity (Wildman–Crippen MR) is 68.7 cm³/mol. The van der Waals surface area contributed by atoms with Crippen LogP contribution in [0.4, 0.5) is 5.69 Å². The predicted octanol–water partition coefficient (Wildman–Crippen LogP) is 2.68. The zero-order valence-electron chi connectivity index (χ0n) is 8.99. The summed E-state index contributed by atoms with van der Waals surface area (Å²) in [4.78, 5) is 15.3. The van der Waals surface area contributed by atoms with E-state index in [1.54, 1.807) is 11.6 Å². The van der Waals surface area contributed by atoms with Gasteiger partial charge < -0.3 is 5.11 Å². The molecule has 2 aromatic rings. The summed E-state index contributed by atoms with van der Waals surface area (Å²) >= 11 is 2.67. The molecule has 1 heterocycles. The Labute approximate surface area is 106 Å². The van der Waals surface area contributed by atoms with Crippen molar-refractivity contribution in [1.29, 1.82) is 0 Å². The molecule has 1 N–H and O–H groups in total. The molecule has 17 heavy (non-hydrogen) atoms. The third-order valence-electron chi connectivity index (χ3n) is 2.21. The molecule has 1 aromatic heterocycles. The van der Waals surface area contributed by atoms with Crippen LogP contribution < -0.4 is 0 Å². The van der Waals surface area contributed by atoms with Crippen LogP contribution in [-0.2, 0) is 0 Å². The molecule has 0 bridgehead atoms. The molecule has 1 aromatic carbocycles. The summed E-state index contributed by atoms with van der Waals surface area (Å²) in [6, 6.07) is 3.54. The van der Waals surface area contributed by atoms with Crippen LogP contribution >= 0.6 is 23.1 Å². The minimum Gasteiger partial charge on any atom is -0.395 e.